The molecule has 1 atom stereocenters. The van der Waals surface area contributed by atoms with Crippen molar-refractivity contribution < 1.29 is 32.1 Å². The van der Waals surface area contributed by atoms with E-state index >= 15 is 0 Å². The summed E-state index contributed by atoms with van der Waals surface area (Å²) in [6.07, 6.45) is -3.94. The molecule has 0 fully saturated rings. The zero-order valence-electron chi connectivity index (χ0n) is 15.7. The first kappa shape index (κ1) is 19.8. The average Bonchev–Trinajstić information content (AvgIpc) is 2.61. The Morgan fingerprint density at radius 3 is 2.55 bits per heavy atom. The molecule has 1 heterocycles. The quantitative estimate of drug-likeness (QED) is 0.610. The second-order valence-electron chi connectivity index (χ2n) is 6.15. The Morgan fingerprint density at radius 1 is 1.21 bits per heavy atom. The zero-order valence-corrected chi connectivity index (χ0v) is 16.3. The van der Waals surface area contributed by atoms with E-state index in [0.29, 0.717) is 12.3 Å². The molecule has 10 heteroatoms. The molecule has 1 aliphatic rings. The molecule has 29 heavy (non-hydrogen) atoms. The highest BCUT2D eigenvalue weighted by atomic mass is 35.5. The average molecular weight is 449 g/mol. The van der Waals surface area contributed by atoms with Gasteiger partial charge in [-0.25, -0.2) is 12.8 Å². The Bertz CT molecular complexity index is 1130. The predicted molar refractivity (Wildman–Crippen MR) is 101 cm³/mol. The Balaban J connectivity index is 2.10. The number of anilines is 1. The van der Waals surface area contributed by atoms with Crippen LogP contribution in [0.5, 0.6) is 5.75 Å². The number of halogens is 5. The molecule has 0 amide bonds. The molecule has 0 aliphatic carbocycles. The maximum Gasteiger partial charge on any atom is 0.417 e. The van der Waals surface area contributed by atoms with E-state index in [9.17, 15) is 26.0 Å². The smallest absolute Gasteiger partial charge is 0.417 e. The van der Waals surface area contributed by atoms with Crippen molar-refractivity contribution in [2.24, 2.45) is 0 Å². The lowest BCUT2D eigenvalue weighted by atomic mass is 10.1. The van der Waals surface area contributed by atoms with Crippen molar-refractivity contribution in [2.45, 2.75) is 17.3 Å². The van der Waals surface area contributed by atoms with Crippen molar-refractivity contribution in [3.05, 3.63) is 77.2 Å². The number of rotatable bonds is 4. The van der Waals surface area contributed by atoms with E-state index in [1.54, 1.807) is 0 Å². The van der Waals surface area contributed by atoms with Gasteiger partial charge in [-0.3, -0.25) is 0 Å². The van der Waals surface area contributed by atoms with Gasteiger partial charge >= 0.3 is 6.18 Å². The van der Waals surface area contributed by atoms with Crippen LogP contribution in [-0.2, 0) is 9.84 Å². The summed E-state index contributed by atoms with van der Waals surface area (Å²) in [5.41, 5.74) is -1.10. The third-order valence-corrected chi connectivity index (χ3v) is 5.20. The number of benzene rings is 2. The fourth-order valence-electron chi connectivity index (χ4n) is 2.55. The van der Waals surface area contributed by atoms with Gasteiger partial charge in [0.05, 0.1) is 11.8 Å². The van der Waals surface area contributed by atoms with Gasteiger partial charge in [0.2, 0.25) is 0 Å². The largest absolute Gasteiger partial charge is 0.466 e. The summed E-state index contributed by atoms with van der Waals surface area (Å²) in [4.78, 5) is 0.828. The minimum Gasteiger partial charge on any atom is -0.466 e. The highest BCUT2D eigenvalue weighted by Gasteiger charge is 2.36. The molecule has 2 aromatic rings. The first-order valence-corrected chi connectivity index (χ1v) is 10.3. The van der Waals surface area contributed by atoms with Gasteiger partial charge in [-0.05, 0) is 42.5 Å². The van der Waals surface area contributed by atoms with Crippen LogP contribution in [0.25, 0.3) is 0 Å². The van der Waals surface area contributed by atoms with Crippen LogP contribution in [0.4, 0.5) is 23.2 Å². The Kier molecular flexibility index (Phi) is 5.26. The van der Waals surface area contributed by atoms with Crippen LogP contribution in [0.1, 0.15) is 1.37 Å². The van der Waals surface area contributed by atoms with Crippen molar-refractivity contribution in [2.75, 3.05) is 11.2 Å². The maximum absolute atomic E-state index is 13.6. The van der Waals surface area contributed by atoms with Crippen LogP contribution in [0, 0.1) is 5.82 Å². The van der Waals surface area contributed by atoms with Crippen molar-refractivity contribution in [3.63, 3.8) is 0 Å². The first-order valence-electron chi connectivity index (χ1n) is 8.53. The molecule has 0 saturated heterocycles. The molecular formula is C19H14ClF4NO3S. The van der Waals surface area contributed by atoms with Crippen molar-refractivity contribution in [1.82, 2.24) is 0 Å². The van der Waals surface area contributed by atoms with Crippen LogP contribution < -0.4 is 9.64 Å². The van der Waals surface area contributed by atoms with Crippen LogP contribution >= 0.6 is 11.6 Å². The number of allylic oxidation sites excluding steroid dienone is 2. The Morgan fingerprint density at radius 2 is 1.93 bits per heavy atom. The molecule has 0 radical (unpaired) electrons. The van der Waals surface area contributed by atoms with Crippen LogP contribution in [0.3, 0.4) is 0 Å². The van der Waals surface area contributed by atoms with E-state index in [1.807, 2.05) is 0 Å². The van der Waals surface area contributed by atoms with E-state index in [1.165, 1.54) is 24.3 Å². The van der Waals surface area contributed by atoms with E-state index in [4.69, 9.17) is 17.7 Å². The van der Waals surface area contributed by atoms with Crippen LogP contribution in [0.2, 0.25) is 5.02 Å². The summed E-state index contributed by atoms with van der Waals surface area (Å²) in [7, 11) is -3.65. The van der Waals surface area contributed by atoms with Gasteiger partial charge in [-0.2, -0.15) is 13.2 Å². The number of hydrogen-bond donors (Lipinski definition) is 0. The molecule has 0 spiro atoms. The van der Waals surface area contributed by atoms with E-state index < -0.39 is 39.7 Å². The topological polar surface area (TPSA) is 46.6 Å². The molecule has 154 valence electrons. The van der Waals surface area contributed by atoms with Gasteiger partial charge in [-0.15, -0.1) is 0 Å². The maximum atomic E-state index is 13.6. The standard InChI is InChI=1S/C19H14ClF4NO3S/c1-29(26,27)17-4-2-3-15(10-17)25-11-12(19(22,23)24)5-6-18(25)28-16-8-13(20)7-14(21)9-16/h2-11,18H,1H3/i6D. The Labute approximate surface area is 171 Å². The molecule has 0 aromatic heterocycles. The SMILES string of the molecule is [2H]C1=CC(C(F)(F)F)=CN(c2cccc(S(C)(=O)=O)c2)C1Oc1cc(F)cc(Cl)c1. The number of nitrogens with zero attached hydrogens (tertiary/aromatic N) is 1. The highest BCUT2D eigenvalue weighted by molar-refractivity contribution is 7.90. The summed E-state index contributed by atoms with van der Waals surface area (Å²) < 4.78 is 90.9. The van der Waals surface area contributed by atoms with Gasteiger partial charge in [0.15, 0.2) is 16.1 Å². The molecule has 2 aromatic carbocycles. The summed E-state index contributed by atoms with van der Waals surface area (Å²) in [5, 5.41) is -0.00605. The molecule has 1 unspecified atom stereocenters. The fraction of sp³-hybridized carbons (Fsp3) is 0.158. The fourth-order valence-corrected chi connectivity index (χ4v) is 3.42. The van der Waals surface area contributed by atoms with E-state index in [0.717, 1.165) is 29.4 Å². The number of ether oxygens (including phenoxy) is 1. The lowest BCUT2D eigenvalue weighted by Gasteiger charge is -2.32. The minimum atomic E-state index is -4.76. The van der Waals surface area contributed by atoms with Gasteiger partial charge in [0.25, 0.3) is 0 Å². The molecule has 1 aliphatic heterocycles. The second kappa shape index (κ2) is 7.72. The minimum absolute atomic E-state index is 0.00605. The third kappa shape index (κ3) is 5.10. The van der Waals surface area contributed by atoms with Crippen LogP contribution in [-0.4, -0.2) is 27.1 Å². The number of hydrogen-bond acceptors (Lipinski definition) is 4. The van der Waals surface area contributed by atoms with E-state index in [-0.39, 0.29) is 21.4 Å². The van der Waals surface area contributed by atoms with E-state index in [2.05, 4.69) is 0 Å². The van der Waals surface area contributed by atoms with Crippen molar-refractivity contribution >= 4 is 27.1 Å². The first-order chi connectivity index (χ1) is 13.8. The second-order valence-corrected chi connectivity index (χ2v) is 8.60. The lowest BCUT2D eigenvalue weighted by molar-refractivity contribution is -0.0888. The molecule has 4 nitrogen and oxygen atoms in total. The summed E-state index contributed by atoms with van der Waals surface area (Å²) >= 11 is 5.79. The molecule has 0 saturated carbocycles. The molecule has 3 rings (SSSR count). The van der Waals surface area contributed by atoms with Gasteiger partial charge in [0, 0.05) is 29.2 Å². The predicted octanol–water partition coefficient (Wildman–Crippen LogP) is 5.11. The van der Waals surface area contributed by atoms with Crippen molar-refractivity contribution in [1.29, 1.82) is 0 Å². The normalized spacial score (nSPS) is 18.1. The van der Waals surface area contributed by atoms with Gasteiger partial charge < -0.3 is 9.64 Å². The molecular weight excluding hydrogens is 434 g/mol. The number of sulfone groups is 1. The molecule has 0 bridgehead atoms. The third-order valence-electron chi connectivity index (χ3n) is 3.87. The Hall–Kier alpha value is -2.52. The van der Waals surface area contributed by atoms with Gasteiger partial charge in [-0.1, -0.05) is 17.7 Å². The summed E-state index contributed by atoms with van der Waals surface area (Å²) in [6, 6.07) is 7.82. The molecule has 0 N–H and O–H groups in total. The van der Waals surface area contributed by atoms with Crippen molar-refractivity contribution in [3.8, 4) is 5.75 Å². The zero-order chi connectivity index (χ0) is 22.3. The van der Waals surface area contributed by atoms with Gasteiger partial charge in [0.1, 0.15) is 11.6 Å². The summed E-state index contributed by atoms with van der Waals surface area (Å²) in [5.74, 6) is -0.850. The lowest BCUT2D eigenvalue weighted by Crippen LogP contribution is -2.37. The number of alkyl halides is 3. The highest BCUT2D eigenvalue weighted by Crippen LogP contribution is 2.34. The summed E-state index contributed by atoms with van der Waals surface area (Å²) in [6.45, 7) is 0. The van der Waals surface area contributed by atoms with Crippen LogP contribution in [0.15, 0.2) is 71.3 Å². The monoisotopic (exact) mass is 448 g/mol.